The van der Waals surface area contributed by atoms with Crippen LogP contribution in [0.5, 0.6) is 5.75 Å². The van der Waals surface area contributed by atoms with E-state index in [0.29, 0.717) is 17.7 Å². The minimum atomic E-state index is -0.0970. The third-order valence-corrected chi connectivity index (χ3v) is 4.01. The summed E-state index contributed by atoms with van der Waals surface area (Å²) in [6.07, 6.45) is 0.341. The van der Waals surface area contributed by atoms with Crippen molar-refractivity contribution in [1.29, 1.82) is 0 Å². The van der Waals surface area contributed by atoms with Crippen LogP contribution < -0.4 is 15.4 Å². The minimum Gasteiger partial charge on any atom is -0.496 e. The first-order chi connectivity index (χ1) is 11.9. The van der Waals surface area contributed by atoms with Gasteiger partial charge in [0.1, 0.15) is 5.75 Å². The Labute approximate surface area is 149 Å². The number of benzene rings is 2. The summed E-state index contributed by atoms with van der Waals surface area (Å²) in [5, 5.41) is 15.6. The fourth-order valence-corrected chi connectivity index (χ4v) is 2.76. The highest BCUT2D eigenvalue weighted by Gasteiger charge is 2.11. The van der Waals surface area contributed by atoms with Crippen LogP contribution >= 0.6 is 0 Å². The monoisotopic (exact) mass is 342 g/mol. The summed E-state index contributed by atoms with van der Waals surface area (Å²) in [7, 11) is 1.57. The zero-order valence-electron chi connectivity index (χ0n) is 15.2. The van der Waals surface area contributed by atoms with Crippen LogP contribution in [0.2, 0.25) is 0 Å². The molecule has 134 valence electrons. The number of hydrogen-bond donors (Lipinski definition) is 3. The lowest BCUT2D eigenvalue weighted by Gasteiger charge is -2.17. The molecule has 0 saturated carbocycles. The highest BCUT2D eigenvalue weighted by Crippen LogP contribution is 2.23. The molecule has 0 radical (unpaired) electrons. The highest BCUT2D eigenvalue weighted by atomic mass is 16.5. The predicted molar refractivity (Wildman–Crippen MR) is 101 cm³/mol. The maximum Gasteiger partial charge on any atom is 0.226 e. The molecule has 0 aliphatic rings. The lowest BCUT2D eigenvalue weighted by atomic mass is 10.1. The van der Waals surface area contributed by atoms with Gasteiger partial charge in [0.25, 0.3) is 0 Å². The number of ether oxygens (including phenoxy) is 1. The van der Waals surface area contributed by atoms with Gasteiger partial charge in [-0.15, -0.1) is 0 Å². The maximum absolute atomic E-state index is 12.3. The normalized spacial score (nSPS) is 11.7. The molecule has 0 saturated heterocycles. The van der Waals surface area contributed by atoms with Gasteiger partial charge >= 0.3 is 0 Å². The number of aryl methyl sites for hydroxylation is 2. The molecular weight excluding hydrogens is 316 g/mol. The molecule has 0 aliphatic carbocycles. The number of aliphatic hydroxyl groups excluding tert-OH is 1. The average Bonchev–Trinajstić information content (AvgIpc) is 2.57. The predicted octanol–water partition coefficient (Wildman–Crippen LogP) is 3.63. The molecule has 0 heterocycles. The molecule has 2 aromatic rings. The van der Waals surface area contributed by atoms with Crippen LogP contribution in [-0.4, -0.2) is 24.2 Å². The van der Waals surface area contributed by atoms with E-state index in [9.17, 15) is 9.90 Å². The van der Waals surface area contributed by atoms with Crippen LogP contribution in [0.15, 0.2) is 36.4 Å². The first-order valence-electron chi connectivity index (χ1n) is 8.34. The van der Waals surface area contributed by atoms with Crippen LogP contribution in [0.25, 0.3) is 0 Å². The molecule has 0 fully saturated rings. The average molecular weight is 342 g/mol. The molecule has 2 rings (SSSR count). The van der Waals surface area contributed by atoms with Gasteiger partial charge < -0.3 is 20.5 Å². The van der Waals surface area contributed by atoms with Crippen molar-refractivity contribution in [2.45, 2.75) is 39.8 Å². The van der Waals surface area contributed by atoms with Gasteiger partial charge in [-0.3, -0.25) is 4.79 Å². The summed E-state index contributed by atoms with van der Waals surface area (Å²) in [6.45, 7) is 5.86. The Kier molecular flexibility index (Phi) is 6.42. The molecule has 1 unspecified atom stereocenters. The number of anilines is 2. The summed E-state index contributed by atoms with van der Waals surface area (Å²) in [5.74, 6) is 0.608. The van der Waals surface area contributed by atoms with E-state index in [0.717, 1.165) is 16.9 Å². The molecule has 1 amide bonds. The van der Waals surface area contributed by atoms with E-state index in [1.165, 1.54) is 5.56 Å². The molecule has 3 N–H and O–H groups in total. The van der Waals surface area contributed by atoms with Crippen LogP contribution in [-0.2, 0) is 11.4 Å². The summed E-state index contributed by atoms with van der Waals surface area (Å²) in [4.78, 5) is 12.3. The van der Waals surface area contributed by atoms with E-state index in [1.54, 1.807) is 13.2 Å². The number of methoxy groups -OCH3 is 1. The first-order valence-corrected chi connectivity index (χ1v) is 8.34. The SMILES string of the molecule is COc1ccc(NC(C)CC(=O)Nc2ccc(C)cc2C)cc1CO. The van der Waals surface area contributed by atoms with Crippen molar-refractivity contribution in [3.05, 3.63) is 53.1 Å². The number of hydrogen-bond acceptors (Lipinski definition) is 4. The third kappa shape index (κ3) is 5.22. The molecule has 0 aliphatic heterocycles. The third-order valence-electron chi connectivity index (χ3n) is 4.01. The van der Waals surface area contributed by atoms with Crippen LogP contribution in [0.4, 0.5) is 11.4 Å². The summed E-state index contributed by atoms with van der Waals surface area (Å²) in [5.41, 5.74) is 4.62. The summed E-state index contributed by atoms with van der Waals surface area (Å²) < 4.78 is 5.19. The zero-order valence-corrected chi connectivity index (χ0v) is 15.2. The van der Waals surface area contributed by atoms with Gasteiger partial charge in [0.2, 0.25) is 5.91 Å². The van der Waals surface area contributed by atoms with E-state index in [4.69, 9.17) is 4.74 Å². The molecule has 5 heteroatoms. The van der Waals surface area contributed by atoms with Gasteiger partial charge in [-0.05, 0) is 50.6 Å². The Morgan fingerprint density at radius 2 is 1.96 bits per heavy atom. The number of nitrogens with one attached hydrogen (secondary N) is 2. The Morgan fingerprint density at radius 1 is 1.20 bits per heavy atom. The fourth-order valence-electron chi connectivity index (χ4n) is 2.76. The number of amides is 1. The van der Waals surface area contributed by atoms with E-state index in [2.05, 4.69) is 10.6 Å². The van der Waals surface area contributed by atoms with E-state index in [1.807, 2.05) is 51.1 Å². The lowest BCUT2D eigenvalue weighted by molar-refractivity contribution is -0.116. The number of carbonyl (C=O) groups is 1. The quantitative estimate of drug-likeness (QED) is 0.718. The molecule has 25 heavy (non-hydrogen) atoms. The first kappa shape index (κ1) is 18.8. The van der Waals surface area contributed by atoms with Crippen molar-refractivity contribution in [3.8, 4) is 5.75 Å². The zero-order chi connectivity index (χ0) is 18.4. The topological polar surface area (TPSA) is 70.6 Å². The second kappa shape index (κ2) is 8.53. The molecule has 0 aromatic heterocycles. The molecule has 0 bridgehead atoms. The lowest BCUT2D eigenvalue weighted by Crippen LogP contribution is -2.24. The van der Waals surface area contributed by atoms with Gasteiger partial charge in [-0.1, -0.05) is 17.7 Å². The fraction of sp³-hybridized carbons (Fsp3) is 0.350. The Hall–Kier alpha value is -2.53. The van der Waals surface area contributed by atoms with Crippen molar-refractivity contribution in [3.63, 3.8) is 0 Å². The van der Waals surface area contributed by atoms with Crippen molar-refractivity contribution in [2.24, 2.45) is 0 Å². The maximum atomic E-state index is 12.3. The Bertz CT molecular complexity index is 744. The molecule has 5 nitrogen and oxygen atoms in total. The van der Waals surface area contributed by atoms with Gasteiger partial charge in [0, 0.05) is 29.4 Å². The van der Waals surface area contributed by atoms with Crippen LogP contribution in [0.3, 0.4) is 0 Å². The van der Waals surface area contributed by atoms with Crippen molar-refractivity contribution in [1.82, 2.24) is 0 Å². The van der Waals surface area contributed by atoms with E-state index in [-0.39, 0.29) is 18.6 Å². The van der Waals surface area contributed by atoms with Crippen LogP contribution in [0, 0.1) is 13.8 Å². The van der Waals surface area contributed by atoms with Gasteiger partial charge in [-0.2, -0.15) is 0 Å². The number of carbonyl (C=O) groups excluding carboxylic acids is 1. The van der Waals surface area contributed by atoms with E-state index < -0.39 is 0 Å². The smallest absolute Gasteiger partial charge is 0.226 e. The summed E-state index contributed by atoms with van der Waals surface area (Å²) >= 11 is 0. The highest BCUT2D eigenvalue weighted by molar-refractivity contribution is 5.92. The van der Waals surface area contributed by atoms with Gasteiger partial charge in [0.05, 0.1) is 13.7 Å². The van der Waals surface area contributed by atoms with Crippen molar-refractivity contribution in [2.75, 3.05) is 17.7 Å². The van der Waals surface area contributed by atoms with Gasteiger partial charge in [0.15, 0.2) is 0 Å². The summed E-state index contributed by atoms with van der Waals surface area (Å²) in [6, 6.07) is 11.4. The number of rotatable bonds is 7. The second-order valence-electron chi connectivity index (χ2n) is 6.30. The minimum absolute atomic E-state index is 0.0390. The molecule has 0 spiro atoms. The Morgan fingerprint density at radius 3 is 2.60 bits per heavy atom. The van der Waals surface area contributed by atoms with Crippen molar-refractivity contribution < 1.29 is 14.6 Å². The standard InChI is InChI=1S/C20H26N2O3/c1-13-5-7-18(14(2)9-13)22-20(24)10-15(3)21-17-6-8-19(25-4)16(11-17)12-23/h5-9,11,15,21,23H,10,12H2,1-4H3,(H,22,24). The molecular formula is C20H26N2O3. The van der Waals surface area contributed by atoms with E-state index >= 15 is 0 Å². The van der Waals surface area contributed by atoms with Crippen molar-refractivity contribution >= 4 is 17.3 Å². The largest absolute Gasteiger partial charge is 0.496 e. The number of aliphatic hydroxyl groups is 1. The Balaban J connectivity index is 1.95. The molecule has 1 atom stereocenters. The van der Waals surface area contributed by atoms with Crippen LogP contribution in [0.1, 0.15) is 30.0 Å². The van der Waals surface area contributed by atoms with Gasteiger partial charge in [-0.25, -0.2) is 0 Å². The molecule has 2 aromatic carbocycles. The second-order valence-corrected chi connectivity index (χ2v) is 6.30.